The molecular formula is C23H19BrN4OS. The molecular weight excluding hydrogens is 460 g/mol. The summed E-state index contributed by atoms with van der Waals surface area (Å²) in [6.45, 7) is 2.00. The van der Waals surface area contributed by atoms with Gasteiger partial charge in [-0.3, -0.25) is 9.36 Å². The third-order valence-corrected chi connectivity index (χ3v) is 5.79. The maximum absolute atomic E-state index is 12.5. The standard InChI is InChI=1S/C23H19BrN4OS/c1-16-7-5-10-19(13-16)25-21(29)15-30-23-27-26-22(17-8-6-9-18(24)14-17)28(23)20-11-3-2-4-12-20/h2-14H,15H2,1H3,(H,25,29). The van der Waals surface area contributed by atoms with E-state index in [0.29, 0.717) is 5.16 Å². The van der Waals surface area contributed by atoms with Crippen molar-refractivity contribution >= 4 is 39.3 Å². The highest BCUT2D eigenvalue weighted by atomic mass is 79.9. The molecule has 1 aromatic heterocycles. The molecule has 0 aliphatic carbocycles. The first kappa shape index (κ1) is 20.4. The van der Waals surface area contributed by atoms with Crippen LogP contribution in [0.2, 0.25) is 0 Å². The number of thioether (sulfide) groups is 1. The van der Waals surface area contributed by atoms with Gasteiger partial charge in [0.05, 0.1) is 5.75 Å². The lowest BCUT2D eigenvalue weighted by Crippen LogP contribution is -2.14. The first-order valence-electron chi connectivity index (χ1n) is 9.36. The summed E-state index contributed by atoms with van der Waals surface area (Å²) in [6, 6.07) is 25.6. The van der Waals surface area contributed by atoms with Crippen LogP contribution in [0.1, 0.15) is 5.56 Å². The maximum atomic E-state index is 12.5. The van der Waals surface area contributed by atoms with Crippen LogP contribution in [0.5, 0.6) is 0 Å². The topological polar surface area (TPSA) is 59.8 Å². The van der Waals surface area contributed by atoms with Gasteiger partial charge < -0.3 is 5.32 Å². The Morgan fingerprint density at radius 3 is 2.57 bits per heavy atom. The summed E-state index contributed by atoms with van der Waals surface area (Å²) in [4.78, 5) is 12.5. The molecule has 0 atom stereocenters. The van der Waals surface area contributed by atoms with E-state index in [9.17, 15) is 4.79 Å². The highest BCUT2D eigenvalue weighted by Crippen LogP contribution is 2.29. The van der Waals surface area contributed by atoms with Gasteiger partial charge in [-0.2, -0.15) is 0 Å². The normalized spacial score (nSPS) is 10.7. The van der Waals surface area contributed by atoms with Gasteiger partial charge in [0.15, 0.2) is 11.0 Å². The molecule has 30 heavy (non-hydrogen) atoms. The Labute approximate surface area is 187 Å². The van der Waals surface area contributed by atoms with Gasteiger partial charge in [0.1, 0.15) is 0 Å². The van der Waals surface area contributed by atoms with E-state index >= 15 is 0 Å². The Morgan fingerprint density at radius 2 is 1.80 bits per heavy atom. The molecule has 0 fully saturated rings. The van der Waals surface area contributed by atoms with Crippen molar-refractivity contribution in [2.45, 2.75) is 12.1 Å². The number of carbonyl (C=O) groups is 1. The van der Waals surface area contributed by atoms with Crippen molar-refractivity contribution in [1.82, 2.24) is 14.8 Å². The highest BCUT2D eigenvalue weighted by molar-refractivity contribution is 9.10. The molecule has 1 amide bonds. The van der Waals surface area contributed by atoms with E-state index in [1.54, 1.807) is 0 Å². The summed E-state index contributed by atoms with van der Waals surface area (Å²) in [5, 5.41) is 12.4. The van der Waals surface area contributed by atoms with E-state index in [2.05, 4.69) is 31.4 Å². The summed E-state index contributed by atoms with van der Waals surface area (Å²) >= 11 is 4.88. The van der Waals surface area contributed by atoms with Crippen LogP contribution in [0.3, 0.4) is 0 Å². The van der Waals surface area contributed by atoms with Crippen LogP contribution < -0.4 is 5.32 Å². The van der Waals surface area contributed by atoms with Crippen LogP contribution >= 0.6 is 27.7 Å². The number of nitrogens with one attached hydrogen (secondary N) is 1. The van der Waals surface area contributed by atoms with Crippen LogP contribution in [0.4, 0.5) is 5.69 Å². The zero-order valence-corrected chi connectivity index (χ0v) is 18.7. The van der Waals surface area contributed by atoms with Crippen LogP contribution in [0, 0.1) is 6.92 Å². The number of aryl methyl sites for hydroxylation is 1. The van der Waals surface area contributed by atoms with Crippen molar-refractivity contribution in [2.24, 2.45) is 0 Å². The third kappa shape index (κ3) is 4.80. The number of rotatable bonds is 6. The van der Waals surface area contributed by atoms with Gasteiger partial charge in [0.2, 0.25) is 5.91 Å². The average molecular weight is 479 g/mol. The number of halogens is 1. The third-order valence-electron chi connectivity index (χ3n) is 4.36. The second kappa shape index (κ2) is 9.28. The monoisotopic (exact) mass is 478 g/mol. The van der Waals surface area contributed by atoms with E-state index in [1.807, 2.05) is 90.4 Å². The van der Waals surface area contributed by atoms with E-state index in [1.165, 1.54) is 11.8 Å². The number of amides is 1. The molecule has 150 valence electrons. The van der Waals surface area contributed by atoms with E-state index < -0.39 is 0 Å². The lowest BCUT2D eigenvalue weighted by atomic mass is 10.2. The molecule has 0 aliphatic heterocycles. The van der Waals surface area contributed by atoms with Crippen molar-refractivity contribution in [3.63, 3.8) is 0 Å². The van der Waals surface area contributed by atoms with Crippen molar-refractivity contribution in [3.05, 3.63) is 88.9 Å². The van der Waals surface area contributed by atoms with Crippen LogP contribution in [0.15, 0.2) is 88.5 Å². The molecule has 0 saturated heterocycles. The number of carbonyl (C=O) groups excluding carboxylic acids is 1. The second-order valence-corrected chi connectivity index (χ2v) is 8.55. The predicted molar refractivity (Wildman–Crippen MR) is 125 cm³/mol. The van der Waals surface area contributed by atoms with Crippen molar-refractivity contribution < 1.29 is 4.79 Å². The fourth-order valence-electron chi connectivity index (χ4n) is 3.04. The van der Waals surface area contributed by atoms with Crippen molar-refractivity contribution in [3.8, 4) is 17.1 Å². The molecule has 1 N–H and O–H groups in total. The molecule has 4 aromatic rings. The zero-order chi connectivity index (χ0) is 20.9. The Hall–Kier alpha value is -2.90. The summed E-state index contributed by atoms with van der Waals surface area (Å²) in [5.41, 5.74) is 3.78. The fraction of sp³-hybridized carbons (Fsp3) is 0.0870. The number of hydrogen-bond acceptors (Lipinski definition) is 4. The maximum Gasteiger partial charge on any atom is 0.234 e. The van der Waals surface area contributed by atoms with E-state index in [-0.39, 0.29) is 11.7 Å². The second-order valence-electron chi connectivity index (χ2n) is 6.69. The SMILES string of the molecule is Cc1cccc(NC(=O)CSc2nnc(-c3cccc(Br)c3)n2-c2ccccc2)c1. The molecule has 3 aromatic carbocycles. The Bertz CT molecular complexity index is 1180. The van der Waals surface area contributed by atoms with Gasteiger partial charge in [-0.1, -0.05) is 70.2 Å². The number of nitrogens with zero attached hydrogens (tertiary/aromatic N) is 3. The van der Waals surface area contributed by atoms with Crippen LogP contribution in [-0.4, -0.2) is 26.4 Å². The number of para-hydroxylation sites is 1. The van der Waals surface area contributed by atoms with Gasteiger partial charge in [-0.05, 0) is 48.9 Å². The minimum atomic E-state index is -0.0859. The first-order chi connectivity index (χ1) is 14.6. The molecule has 4 rings (SSSR count). The minimum absolute atomic E-state index is 0.0859. The largest absolute Gasteiger partial charge is 0.325 e. The van der Waals surface area contributed by atoms with Gasteiger partial charge in [-0.25, -0.2) is 0 Å². The molecule has 0 unspecified atom stereocenters. The van der Waals surface area contributed by atoms with Gasteiger partial charge in [0, 0.05) is 21.4 Å². The summed E-state index contributed by atoms with van der Waals surface area (Å²) in [7, 11) is 0. The number of aromatic nitrogens is 3. The smallest absolute Gasteiger partial charge is 0.234 e. The number of hydrogen-bond donors (Lipinski definition) is 1. The highest BCUT2D eigenvalue weighted by Gasteiger charge is 2.17. The van der Waals surface area contributed by atoms with Crippen LogP contribution in [-0.2, 0) is 4.79 Å². The van der Waals surface area contributed by atoms with E-state index in [0.717, 1.165) is 32.8 Å². The Balaban J connectivity index is 1.59. The zero-order valence-electron chi connectivity index (χ0n) is 16.2. The summed E-state index contributed by atoms with van der Waals surface area (Å²) in [5.74, 6) is 0.874. The molecule has 0 radical (unpaired) electrons. The Kier molecular flexibility index (Phi) is 6.30. The Morgan fingerprint density at radius 1 is 1.00 bits per heavy atom. The lowest BCUT2D eigenvalue weighted by molar-refractivity contribution is -0.113. The molecule has 0 saturated carbocycles. The average Bonchev–Trinajstić information content (AvgIpc) is 3.17. The molecule has 7 heteroatoms. The minimum Gasteiger partial charge on any atom is -0.325 e. The molecule has 0 aliphatic rings. The lowest BCUT2D eigenvalue weighted by Gasteiger charge is -2.11. The quantitative estimate of drug-likeness (QED) is 0.359. The molecule has 1 heterocycles. The molecule has 0 spiro atoms. The number of benzene rings is 3. The summed E-state index contributed by atoms with van der Waals surface area (Å²) in [6.07, 6.45) is 0. The van der Waals surface area contributed by atoms with Crippen molar-refractivity contribution in [2.75, 3.05) is 11.1 Å². The van der Waals surface area contributed by atoms with Gasteiger partial charge >= 0.3 is 0 Å². The van der Waals surface area contributed by atoms with Crippen molar-refractivity contribution in [1.29, 1.82) is 0 Å². The van der Waals surface area contributed by atoms with Gasteiger partial charge in [-0.15, -0.1) is 10.2 Å². The number of anilines is 1. The first-order valence-corrected chi connectivity index (χ1v) is 11.1. The van der Waals surface area contributed by atoms with E-state index in [4.69, 9.17) is 0 Å². The molecule has 0 bridgehead atoms. The van der Waals surface area contributed by atoms with Crippen LogP contribution in [0.25, 0.3) is 17.1 Å². The fourth-order valence-corrected chi connectivity index (χ4v) is 4.19. The van der Waals surface area contributed by atoms with Gasteiger partial charge in [0.25, 0.3) is 0 Å². The molecule has 5 nitrogen and oxygen atoms in total. The summed E-state index contributed by atoms with van der Waals surface area (Å²) < 4.78 is 2.95. The predicted octanol–water partition coefficient (Wildman–Crippen LogP) is 5.74.